The number of halogens is 1. The van der Waals surface area contributed by atoms with Gasteiger partial charge in [0.15, 0.2) is 0 Å². The second-order valence-electron chi connectivity index (χ2n) is 5.99. The van der Waals surface area contributed by atoms with Gasteiger partial charge < -0.3 is 5.32 Å². The smallest absolute Gasteiger partial charge is 0.135 e. The molecule has 0 radical (unpaired) electrons. The van der Waals surface area contributed by atoms with E-state index in [0.29, 0.717) is 11.1 Å². The number of rotatable bonds is 4. The highest BCUT2D eigenvalue weighted by Gasteiger charge is 2.21. The van der Waals surface area contributed by atoms with Crippen molar-refractivity contribution in [3.63, 3.8) is 0 Å². The van der Waals surface area contributed by atoms with E-state index in [4.69, 9.17) is 11.6 Å². The number of hydrogen-bond acceptors (Lipinski definition) is 3. The molecule has 1 aromatic heterocycles. The average Bonchev–Trinajstić information content (AvgIpc) is 2.37. The van der Waals surface area contributed by atoms with Crippen molar-refractivity contribution in [3.05, 3.63) is 17.0 Å². The summed E-state index contributed by atoms with van der Waals surface area (Å²) in [5.41, 5.74) is 0. The molecule has 2 atom stereocenters. The lowest BCUT2D eigenvalue weighted by Crippen LogP contribution is -2.24. The molecule has 0 spiro atoms. The number of nitrogens with zero attached hydrogens (tertiary/aromatic N) is 2. The van der Waals surface area contributed by atoms with Crippen molar-refractivity contribution in [2.75, 3.05) is 11.9 Å². The van der Waals surface area contributed by atoms with Crippen molar-refractivity contribution in [1.29, 1.82) is 0 Å². The van der Waals surface area contributed by atoms with Crippen LogP contribution in [0, 0.1) is 11.8 Å². The highest BCUT2D eigenvalue weighted by Crippen LogP contribution is 2.29. The van der Waals surface area contributed by atoms with E-state index in [-0.39, 0.29) is 0 Å². The molecule has 1 saturated carbocycles. The number of anilines is 1. The highest BCUT2D eigenvalue weighted by atomic mass is 35.5. The van der Waals surface area contributed by atoms with Gasteiger partial charge in [0.1, 0.15) is 16.8 Å². The molecule has 1 N–H and O–H groups in total. The van der Waals surface area contributed by atoms with Crippen molar-refractivity contribution < 1.29 is 0 Å². The van der Waals surface area contributed by atoms with Gasteiger partial charge in [0, 0.05) is 18.5 Å². The van der Waals surface area contributed by atoms with Crippen LogP contribution < -0.4 is 5.32 Å². The third-order valence-corrected chi connectivity index (χ3v) is 4.26. The minimum absolute atomic E-state index is 0.299. The summed E-state index contributed by atoms with van der Waals surface area (Å²) in [6, 6.07) is 1.82. The monoisotopic (exact) mass is 281 g/mol. The summed E-state index contributed by atoms with van der Waals surface area (Å²) >= 11 is 6.05. The van der Waals surface area contributed by atoms with Crippen molar-refractivity contribution in [2.24, 2.45) is 11.8 Å². The average molecular weight is 282 g/mol. The Morgan fingerprint density at radius 1 is 1.32 bits per heavy atom. The second-order valence-corrected chi connectivity index (χ2v) is 6.38. The molecule has 0 aliphatic heterocycles. The van der Waals surface area contributed by atoms with E-state index in [1.54, 1.807) is 0 Å². The van der Waals surface area contributed by atoms with E-state index < -0.39 is 0 Å². The molecule has 0 aromatic carbocycles. The molecule has 3 nitrogen and oxygen atoms in total. The van der Waals surface area contributed by atoms with Crippen LogP contribution in [0.1, 0.15) is 58.2 Å². The van der Waals surface area contributed by atoms with Crippen LogP contribution >= 0.6 is 11.6 Å². The molecule has 0 bridgehead atoms. The van der Waals surface area contributed by atoms with Crippen molar-refractivity contribution in [3.8, 4) is 0 Å². The Balaban J connectivity index is 1.98. The first-order chi connectivity index (χ1) is 9.06. The number of aromatic nitrogens is 2. The Bertz CT molecular complexity index is 420. The zero-order valence-electron chi connectivity index (χ0n) is 12.1. The first-order valence-electron chi connectivity index (χ1n) is 7.34. The van der Waals surface area contributed by atoms with Gasteiger partial charge in [-0.1, -0.05) is 51.6 Å². The molecule has 2 unspecified atom stereocenters. The summed E-state index contributed by atoms with van der Waals surface area (Å²) in [6.45, 7) is 7.52. The summed E-state index contributed by atoms with van der Waals surface area (Å²) in [5.74, 6) is 3.54. The lowest BCUT2D eigenvalue weighted by molar-refractivity contribution is 0.268. The molecule has 2 rings (SSSR count). The third-order valence-electron chi connectivity index (χ3n) is 4.06. The maximum atomic E-state index is 6.05. The van der Waals surface area contributed by atoms with E-state index >= 15 is 0 Å². The number of nitrogens with one attached hydrogen (secondary N) is 1. The summed E-state index contributed by atoms with van der Waals surface area (Å²) in [5, 5.41) is 3.97. The maximum Gasteiger partial charge on any atom is 0.135 e. The van der Waals surface area contributed by atoms with Gasteiger partial charge in [-0.3, -0.25) is 0 Å². The molecule has 4 heteroatoms. The molecule has 1 aliphatic carbocycles. The predicted molar refractivity (Wildman–Crippen MR) is 80.7 cm³/mol. The fourth-order valence-electron chi connectivity index (χ4n) is 2.72. The Morgan fingerprint density at radius 2 is 2.05 bits per heavy atom. The fraction of sp³-hybridized carbons (Fsp3) is 0.733. The molecule has 0 amide bonds. The van der Waals surface area contributed by atoms with E-state index in [1.165, 1.54) is 25.7 Å². The van der Waals surface area contributed by atoms with Crippen LogP contribution in [0.3, 0.4) is 0 Å². The summed E-state index contributed by atoms with van der Waals surface area (Å²) < 4.78 is 0. The van der Waals surface area contributed by atoms with E-state index in [1.807, 2.05) is 6.07 Å². The van der Waals surface area contributed by atoms with Gasteiger partial charge in [-0.05, 0) is 18.3 Å². The second kappa shape index (κ2) is 6.56. The van der Waals surface area contributed by atoms with Gasteiger partial charge in [-0.15, -0.1) is 0 Å². The van der Waals surface area contributed by atoms with Gasteiger partial charge in [0.25, 0.3) is 0 Å². The third kappa shape index (κ3) is 4.07. The van der Waals surface area contributed by atoms with Gasteiger partial charge in [0.2, 0.25) is 0 Å². The zero-order valence-corrected chi connectivity index (χ0v) is 12.9. The summed E-state index contributed by atoms with van der Waals surface area (Å²) in [7, 11) is 0. The topological polar surface area (TPSA) is 37.8 Å². The van der Waals surface area contributed by atoms with Crippen LogP contribution in [-0.2, 0) is 0 Å². The SMILES string of the molecule is CC(C)c1nc(Cl)cc(NCC2CCCCC2C)n1. The molecular formula is C15H24ClN3. The largest absolute Gasteiger partial charge is 0.370 e. The Hall–Kier alpha value is -0.830. The van der Waals surface area contributed by atoms with E-state index in [2.05, 4.69) is 36.1 Å². The zero-order chi connectivity index (χ0) is 13.8. The molecule has 1 aromatic rings. The van der Waals surface area contributed by atoms with Gasteiger partial charge in [0.05, 0.1) is 0 Å². The van der Waals surface area contributed by atoms with E-state index in [9.17, 15) is 0 Å². The first kappa shape index (κ1) is 14.6. The quantitative estimate of drug-likeness (QED) is 0.826. The van der Waals surface area contributed by atoms with Crippen molar-refractivity contribution in [1.82, 2.24) is 9.97 Å². The van der Waals surface area contributed by atoms with Crippen LogP contribution in [0.2, 0.25) is 5.15 Å². The standard InChI is InChI=1S/C15H24ClN3/c1-10(2)15-18-13(16)8-14(19-15)17-9-12-7-5-4-6-11(12)3/h8,10-12H,4-7,9H2,1-3H3,(H,17,18,19). The first-order valence-corrected chi connectivity index (χ1v) is 7.72. The Labute approximate surface area is 121 Å². The molecule has 1 heterocycles. The van der Waals surface area contributed by atoms with Crippen molar-refractivity contribution in [2.45, 2.75) is 52.4 Å². The van der Waals surface area contributed by atoms with Crippen molar-refractivity contribution >= 4 is 17.4 Å². The molecular weight excluding hydrogens is 258 g/mol. The van der Waals surface area contributed by atoms with Gasteiger partial charge in [-0.25, -0.2) is 9.97 Å². The molecule has 1 fully saturated rings. The molecule has 106 valence electrons. The van der Waals surface area contributed by atoms with E-state index in [0.717, 1.165) is 30.0 Å². The normalized spacial score (nSPS) is 23.6. The minimum Gasteiger partial charge on any atom is -0.370 e. The maximum absolute atomic E-state index is 6.05. The summed E-state index contributed by atoms with van der Waals surface area (Å²) in [6.07, 6.45) is 5.42. The Morgan fingerprint density at radius 3 is 2.74 bits per heavy atom. The van der Waals surface area contributed by atoms with Crippen LogP contribution in [0.4, 0.5) is 5.82 Å². The molecule has 1 aliphatic rings. The fourth-order valence-corrected chi connectivity index (χ4v) is 2.91. The molecule has 19 heavy (non-hydrogen) atoms. The molecule has 0 saturated heterocycles. The van der Waals surface area contributed by atoms with Gasteiger partial charge in [-0.2, -0.15) is 0 Å². The highest BCUT2D eigenvalue weighted by molar-refractivity contribution is 6.29. The lowest BCUT2D eigenvalue weighted by atomic mass is 9.80. The van der Waals surface area contributed by atoms with Crippen LogP contribution in [0.25, 0.3) is 0 Å². The predicted octanol–water partition coefficient (Wildman–Crippen LogP) is 4.49. The van der Waals surface area contributed by atoms with Gasteiger partial charge >= 0.3 is 0 Å². The Kier molecular flexibility index (Phi) is 5.03. The number of hydrogen-bond donors (Lipinski definition) is 1. The van der Waals surface area contributed by atoms with Crippen LogP contribution in [-0.4, -0.2) is 16.5 Å². The minimum atomic E-state index is 0.299. The van der Waals surface area contributed by atoms with Crippen LogP contribution in [0.5, 0.6) is 0 Å². The van der Waals surface area contributed by atoms with Crippen LogP contribution in [0.15, 0.2) is 6.07 Å². The summed E-state index contributed by atoms with van der Waals surface area (Å²) in [4.78, 5) is 8.79. The lowest BCUT2D eigenvalue weighted by Gasteiger charge is -2.29.